The molecular formula is C25H30N4O2. The zero-order valence-electron chi connectivity index (χ0n) is 18.1. The maximum Gasteiger partial charge on any atom is 0.220 e. The van der Waals surface area contributed by atoms with Crippen molar-refractivity contribution in [3.8, 4) is 28.4 Å². The van der Waals surface area contributed by atoms with Crippen LogP contribution in [0, 0.1) is 0 Å². The molecule has 0 unspecified atom stereocenters. The predicted octanol–water partition coefficient (Wildman–Crippen LogP) is 5.06. The molecule has 0 aliphatic rings. The van der Waals surface area contributed by atoms with Crippen LogP contribution in [0.1, 0.15) is 45.4 Å². The van der Waals surface area contributed by atoms with Crippen LogP contribution in [0.5, 0.6) is 5.75 Å². The molecule has 0 spiro atoms. The normalized spacial score (nSPS) is 10.6. The van der Waals surface area contributed by atoms with E-state index >= 15 is 0 Å². The maximum atomic E-state index is 12.0. The molecule has 3 heterocycles. The Morgan fingerprint density at radius 2 is 1.61 bits per heavy atom. The summed E-state index contributed by atoms with van der Waals surface area (Å²) >= 11 is 0. The number of nitrogens with zero attached hydrogens (tertiary/aromatic N) is 3. The van der Waals surface area contributed by atoms with E-state index in [9.17, 15) is 4.79 Å². The molecule has 0 atom stereocenters. The van der Waals surface area contributed by atoms with Crippen molar-refractivity contribution in [1.29, 1.82) is 0 Å². The van der Waals surface area contributed by atoms with Crippen molar-refractivity contribution >= 4 is 5.91 Å². The second-order valence-electron chi connectivity index (χ2n) is 7.33. The number of hydrogen-bond donors (Lipinski definition) is 1. The van der Waals surface area contributed by atoms with Crippen LogP contribution in [-0.2, 0) is 4.79 Å². The van der Waals surface area contributed by atoms with Crippen molar-refractivity contribution in [3.05, 3.63) is 61.1 Å². The first kappa shape index (κ1) is 22.4. The topological polar surface area (TPSA) is 77.0 Å². The van der Waals surface area contributed by atoms with Gasteiger partial charge in [-0.3, -0.25) is 19.7 Å². The van der Waals surface area contributed by atoms with Crippen LogP contribution in [0.3, 0.4) is 0 Å². The van der Waals surface area contributed by atoms with Crippen molar-refractivity contribution in [3.63, 3.8) is 0 Å². The molecule has 31 heavy (non-hydrogen) atoms. The van der Waals surface area contributed by atoms with Gasteiger partial charge in [0.1, 0.15) is 18.1 Å². The van der Waals surface area contributed by atoms with Crippen molar-refractivity contribution in [2.24, 2.45) is 0 Å². The first-order valence-electron chi connectivity index (χ1n) is 11.0. The third kappa shape index (κ3) is 6.88. The average Bonchev–Trinajstić information content (AvgIpc) is 2.82. The molecule has 0 saturated heterocycles. The Hall–Kier alpha value is -3.28. The van der Waals surface area contributed by atoms with E-state index in [0.717, 1.165) is 29.8 Å². The molecule has 0 aliphatic carbocycles. The zero-order valence-corrected chi connectivity index (χ0v) is 18.1. The zero-order chi connectivity index (χ0) is 21.7. The molecule has 3 aromatic heterocycles. The van der Waals surface area contributed by atoms with Crippen molar-refractivity contribution < 1.29 is 9.53 Å². The summed E-state index contributed by atoms with van der Waals surface area (Å²) in [7, 11) is 0. The number of amides is 1. The Bertz CT molecular complexity index is 933. The van der Waals surface area contributed by atoms with Crippen LogP contribution in [-0.4, -0.2) is 34.0 Å². The van der Waals surface area contributed by atoms with Gasteiger partial charge in [0.2, 0.25) is 5.91 Å². The second-order valence-corrected chi connectivity index (χ2v) is 7.33. The van der Waals surface area contributed by atoms with Gasteiger partial charge >= 0.3 is 0 Å². The van der Waals surface area contributed by atoms with Crippen molar-refractivity contribution in [2.45, 2.75) is 45.4 Å². The number of carbonyl (C=O) groups excluding carboxylic acids is 1. The average molecular weight is 419 g/mol. The van der Waals surface area contributed by atoms with Gasteiger partial charge in [0.05, 0.1) is 23.5 Å². The number of nitrogens with one attached hydrogen (secondary N) is 1. The summed E-state index contributed by atoms with van der Waals surface area (Å²) in [6.45, 7) is 3.01. The summed E-state index contributed by atoms with van der Waals surface area (Å²) in [5.74, 6) is 0.747. The molecule has 1 N–H and O–H groups in total. The Balaban J connectivity index is 1.63. The van der Waals surface area contributed by atoms with Gasteiger partial charge in [0.15, 0.2) is 0 Å². The summed E-state index contributed by atoms with van der Waals surface area (Å²) in [5.41, 5.74) is 3.03. The van der Waals surface area contributed by atoms with Gasteiger partial charge in [-0.15, -0.1) is 0 Å². The smallest absolute Gasteiger partial charge is 0.220 e. The lowest BCUT2D eigenvalue weighted by Gasteiger charge is -2.15. The van der Waals surface area contributed by atoms with Crippen LogP contribution in [0.25, 0.3) is 22.6 Å². The Kier molecular flexibility index (Phi) is 8.98. The van der Waals surface area contributed by atoms with E-state index in [2.05, 4.69) is 27.2 Å². The SMILES string of the molecule is CCCCCCCC(=O)NCCOc1ccnc(-c2ccccn2)c1-c1ccccn1. The molecule has 0 aliphatic heterocycles. The van der Waals surface area contributed by atoms with E-state index in [1.165, 1.54) is 19.3 Å². The minimum Gasteiger partial charge on any atom is -0.491 e. The standard InChI is InChI=1S/C25H30N4O2/c1-2-3-4-5-6-13-23(30)28-18-19-31-22-14-17-29-25(21-12-8-10-16-27-21)24(22)20-11-7-9-15-26-20/h7-12,14-17H,2-6,13,18-19H2,1H3,(H,28,30). The highest BCUT2D eigenvalue weighted by molar-refractivity contribution is 5.82. The van der Waals surface area contributed by atoms with E-state index < -0.39 is 0 Å². The minimum absolute atomic E-state index is 0.0777. The molecule has 1 amide bonds. The summed E-state index contributed by atoms with van der Waals surface area (Å²) in [5, 5.41) is 2.94. The highest BCUT2D eigenvalue weighted by atomic mass is 16.5. The Morgan fingerprint density at radius 1 is 0.871 bits per heavy atom. The van der Waals surface area contributed by atoms with Crippen molar-refractivity contribution in [2.75, 3.05) is 13.2 Å². The second kappa shape index (κ2) is 12.4. The summed E-state index contributed by atoms with van der Waals surface area (Å²) in [6.07, 6.45) is 11.5. The van der Waals surface area contributed by atoms with Crippen LogP contribution >= 0.6 is 0 Å². The summed E-state index contributed by atoms with van der Waals surface area (Å²) < 4.78 is 6.04. The fraction of sp³-hybridized carbons (Fsp3) is 0.360. The minimum atomic E-state index is 0.0777. The molecule has 0 bridgehead atoms. The van der Waals surface area contributed by atoms with Crippen LogP contribution in [0.15, 0.2) is 61.1 Å². The van der Waals surface area contributed by atoms with Gasteiger partial charge in [-0.2, -0.15) is 0 Å². The lowest BCUT2D eigenvalue weighted by atomic mass is 10.1. The molecule has 6 heteroatoms. The van der Waals surface area contributed by atoms with E-state index in [0.29, 0.717) is 31.0 Å². The monoisotopic (exact) mass is 418 g/mol. The number of unbranched alkanes of at least 4 members (excludes halogenated alkanes) is 4. The van der Waals surface area contributed by atoms with Crippen LogP contribution < -0.4 is 10.1 Å². The quantitative estimate of drug-likeness (QED) is 0.416. The summed E-state index contributed by atoms with van der Waals surface area (Å²) in [6, 6.07) is 13.3. The van der Waals surface area contributed by atoms with Gasteiger partial charge < -0.3 is 10.1 Å². The third-order valence-corrected chi connectivity index (χ3v) is 4.93. The first-order valence-corrected chi connectivity index (χ1v) is 11.0. The molecule has 0 fully saturated rings. The number of aromatic nitrogens is 3. The number of rotatable bonds is 12. The third-order valence-electron chi connectivity index (χ3n) is 4.93. The van der Waals surface area contributed by atoms with E-state index in [4.69, 9.17) is 4.74 Å². The lowest BCUT2D eigenvalue weighted by molar-refractivity contribution is -0.121. The molecule has 0 aromatic carbocycles. The van der Waals surface area contributed by atoms with E-state index in [-0.39, 0.29) is 5.91 Å². The molecule has 162 valence electrons. The predicted molar refractivity (Wildman–Crippen MR) is 123 cm³/mol. The Morgan fingerprint density at radius 3 is 2.32 bits per heavy atom. The maximum absolute atomic E-state index is 12.0. The van der Waals surface area contributed by atoms with Gasteiger partial charge in [-0.05, 0) is 36.8 Å². The number of carbonyl (C=O) groups is 1. The van der Waals surface area contributed by atoms with Gasteiger partial charge in [0.25, 0.3) is 0 Å². The van der Waals surface area contributed by atoms with E-state index in [1.54, 1.807) is 18.6 Å². The summed E-state index contributed by atoms with van der Waals surface area (Å²) in [4.78, 5) is 25.5. The number of pyridine rings is 3. The van der Waals surface area contributed by atoms with Gasteiger partial charge in [-0.25, -0.2) is 0 Å². The molecule has 3 rings (SSSR count). The highest BCUT2D eigenvalue weighted by Crippen LogP contribution is 2.35. The van der Waals surface area contributed by atoms with E-state index in [1.807, 2.05) is 42.5 Å². The largest absolute Gasteiger partial charge is 0.491 e. The molecule has 0 radical (unpaired) electrons. The molecular weight excluding hydrogens is 388 g/mol. The fourth-order valence-electron chi connectivity index (χ4n) is 3.35. The highest BCUT2D eigenvalue weighted by Gasteiger charge is 2.17. The molecule has 3 aromatic rings. The number of ether oxygens (including phenoxy) is 1. The van der Waals surface area contributed by atoms with Gasteiger partial charge in [0, 0.05) is 25.0 Å². The first-order chi connectivity index (χ1) is 15.3. The number of hydrogen-bond acceptors (Lipinski definition) is 5. The fourth-order valence-corrected chi connectivity index (χ4v) is 3.35. The molecule has 6 nitrogen and oxygen atoms in total. The molecule has 0 saturated carbocycles. The Labute approximate surface area is 184 Å². The van der Waals surface area contributed by atoms with Gasteiger partial charge in [-0.1, -0.05) is 44.7 Å². The van der Waals surface area contributed by atoms with Crippen LogP contribution in [0.2, 0.25) is 0 Å². The lowest BCUT2D eigenvalue weighted by Crippen LogP contribution is -2.27. The van der Waals surface area contributed by atoms with Crippen LogP contribution in [0.4, 0.5) is 0 Å². The van der Waals surface area contributed by atoms with Crippen molar-refractivity contribution in [1.82, 2.24) is 20.3 Å².